The summed E-state index contributed by atoms with van der Waals surface area (Å²) in [6.07, 6.45) is 3.27. The second-order valence-electron chi connectivity index (χ2n) is 3.28. The predicted molar refractivity (Wildman–Crippen MR) is 50.3 cm³/mol. The van der Waals surface area contributed by atoms with E-state index < -0.39 is 0 Å². The molecular formula is C8H11ClN4. The summed E-state index contributed by atoms with van der Waals surface area (Å²) >= 11 is 5.61. The minimum Gasteiger partial charge on any atom is -0.325 e. The molecule has 1 fully saturated rings. The van der Waals surface area contributed by atoms with E-state index in [1.54, 1.807) is 12.4 Å². The number of likely N-dealkylation sites (tertiary alicyclic amines) is 1. The van der Waals surface area contributed by atoms with Crippen LogP contribution in [0.15, 0.2) is 12.4 Å². The molecule has 0 radical (unpaired) electrons. The van der Waals surface area contributed by atoms with Gasteiger partial charge in [-0.2, -0.15) is 0 Å². The van der Waals surface area contributed by atoms with Crippen molar-refractivity contribution in [3.05, 3.63) is 23.2 Å². The first-order valence-corrected chi connectivity index (χ1v) is 4.56. The van der Waals surface area contributed by atoms with Gasteiger partial charge in [0.15, 0.2) is 0 Å². The Morgan fingerprint density at radius 2 is 2.23 bits per heavy atom. The first-order valence-electron chi connectivity index (χ1n) is 4.18. The number of nitrogens with two attached hydrogens (primary N) is 1. The van der Waals surface area contributed by atoms with E-state index in [1.807, 2.05) is 0 Å². The second-order valence-corrected chi connectivity index (χ2v) is 3.67. The van der Waals surface area contributed by atoms with Crippen molar-refractivity contribution in [1.82, 2.24) is 14.9 Å². The fourth-order valence-corrected chi connectivity index (χ4v) is 1.49. The largest absolute Gasteiger partial charge is 0.325 e. The van der Waals surface area contributed by atoms with Crippen LogP contribution in [0.4, 0.5) is 0 Å². The summed E-state index contributed by atoms with van der Waals surface area (Å²) in [7, 11) is 0. The zero-order valence-corrected chi connectivity index (χ0v) is 7.91. The van der Waals surface area contributed by atoms with Crippen LogP contribution in [-0.4, -0.2) is 34.0 Å². The van der Waals surface area contributed by atoms with E-state index in [0.717, 1.165) is 25.3 Å². The molecule has 0 spiro atoms. The van der Waals surface area contributed by atoms with Crippen LogP contribution in [0.1, 0.15) is 5.69 Å². The van der Waals surface area contributed by atoms with Crippen LogP contribution in [-0.2, 0) is 6.54 Å². The highest BCUT2D eigenvalue weighted by Crippen LogP contribution is 2.10. The Hall–Kier alpha value is -0.710. The topological polar surface area (TPSA) is 55.0 Å². The smallest absolute Gasteiger partial charge is 0.147 e. The SMILES string of the molecule is NC1CN(Cc2cnc(Cl)cn2)C1. The summed E-state index contributed by atoms with van der Waals surface area (Å²) < 4.78 is 0. The Kier molecular flexibility index (Phi) is 2.44. The molecule has 2 rings (SSSR count). The van der Waals surface area contributed by atoms with Crippen molar-refractivity contribution in [3.8, 4) is 0 Å². The highest BCUT2D eigenvalue weighted by molar-refractivity contribution is 6.29. The van der Waals surface area contributed by atoms with E-state index in [4.69, 9.17) is 17.3 Å². The van der Waals surface area contributed by atoms with Gasteiger partial charge in [-0.3, -0.25) is 9.88 Å². The molecule has 0 unspecified atom stereocenters. The molecule has 1 aliphatic rings. The van der Waals surface area contributed by atoms with Crippen molar-refractivity contribution in [2.45, 2.75) is 12.6 Å². The summed E-state index contributed by atoms with van der Waals surface area (Å²) in [6.45, 7) is 2.71. The highest BCUT2D eigenvalue weighted by Gasteiger charge is 2.22. The van der Waals surface area contributed by atoms with Crippen LogP contribution in [0, 0.1) is 0 Å². The molecule has 4 nitrogen and oxygen atoms in total. The molecule has 1 saturated heterocycles. The van der Waals surface area contributed by atoms with Crippen LogP contribution < -0.4 is 5.73 Å². The molecule has 70 valence electrons. The molecule has 0 saturated carbocycles. The minimum absolute atomic E-state index is 0.334. The summed E-state index contributed by atoms with van der Waals surface area (Å²) in [4.78, 5) is 10.3. The first-order chi connectivity index (χ1) is 6.24. The van der Waals surface area contributed by atoms with Gasteiger partial charge in [-0.25, -0.2) is 4.98 Å². The molecule has 1 aromatic rings. The molecule has 0 amide bonds. The third-order valence-corrected chi connectivity index (χ3v) is 2.24. The maximum absolute atomic E-state index is 5.65. The van der Waals surface area contributed by atoms with E-state index in [-0.39, 0.29) is 0 Å². The molecule has 5 heteroatoms. The summed E-state index contributed by atoms with van der Waals surface area (Å²) in [6, 6.07) is 0.334. The van der Waals surface area contributed by atoms with Gasteiger partial charge < -0.3 is 5.73 Å². The van der Waals surface area contributed by atoms with Crippen molar-refractivity contribution < 1.29 is 0 Å². The number of halogens is 1. The molecule has 13 heavy (non-hydrogen) atoms. The maximum atomic E-state index is 5.65. The van der Waals surface area contributed by atoms with E-state index in [1.165, 1.54) is 0 Å². The predicted octanol–water partition coefficient (Wildman–Crippen LogP) is 0.273. The van der Waals surface area contributed by atoms with Crippen LogP contribution in [0.5, 0.6) is 0 Å². The van der Waals surface area contributed by atoms with Crippen molar-refractivity contribution in [2.75, 3.05) is 13.1 Å². The van der Waals surface area contributed by atoms with Gasteiger partial charge in [-0.1, -0.05) is 11.6 Å². The average molecular weight is 199 g/mol. The van der Waals surface area contributed by atoms with Crippen LogP contribution in [0.25, 0.3) is 0 Å². The maximum Gasteiger partial charge on any atom is 0.147 e. The Balaban J connectivity index is 1.91. The van der Waals surface area contributed by atoms with Crippen molar-refractivity contribution in [3.63, 3.8) is 0 Å². The number of aromatic nitrogens is 2. The molecule has 2 heterocycles. The number of hydrogen-bond acceptors (Lipinski definition) is 4. The standard InChI is InChI=1S/C8H11ClN4/c9-8-2-11-7(1-12-8)5-13-3-6(10)4-13/h1-2,6H,3-5,10H2. The van der Waals surface area contributed by atoms with Gasteiger partial charge in [-0.15, -0.1) is 0 Å². The molecule has 1 aliphatic heterocycles. The second kappa shape index (κ2) is 3.57. The Morgan fingerprint density at radius 1 is 1.46 bits per heavy atom. The lowest BCUT2D eigenvalue weighted by Crippen LogP contribution is -2.54. The van der Waals surface area contributed by atoms with Crippen molar-refractivity contribution in [1.29, 1.82) is 0 Å². The first kappa shape index (κ1) is 8.87. The Morgan fingerprint density at radius 3 is 2.77 bits per heavy atom. The third-order valence-electron chi connectivity index (χ3n) is 2.04. The number of rotatable bonds is 2. The van der Waals surface area contributed by atoms with Crippen LogP contribution >= 0.6 is 11.6 Å². The fraction of sp³-hybridized carbons (Fsp3) is 0.500. The van der Waals surface area contributed by atoms with Gasteiger partial charge in [0, 0.05) is 25.7 Å². The summed E-state index contributed by atoms with van der Waals surface area (Å²) in [5.74, 6) is 0. The monoisotopic (exact) mass is 198 g/mol. The van der Waals surface area contributed by atoms with E-state index in [0.29, 0.717) is 11.2 Å². The van der Waals surface area contributed by atoms with Gasteiger partial charge in [0.05, 0.1) is 18.1 Å². The van der Waals surface area contributed by atoms with Crippen molar-refractivity contribution in [2.24, 2.45) is 5.73 Å². The fourth-order valence-electron chi connectivity index (χ4n) is 1.39. The van der Waals surface area contributed by atoms with E-state index in [2.05, 4.69) is 14.9 Å². The van der Waals surface area contributed by atoms with Crippen LogP contribution in [0.2, 0.25) is 5.15 Å². The number of nitrogens with zero attached hydrogens (tertiary/aromatic N) is 3. The molecule has 0 aromatic carbocycles. The van der Waals surface area contributed by atoms with E-state index in [9.17, 15) is 0 Å². The van der Waals surface area contributed by atoms with Gasteiger partial charge in [0.1, 0.15) is 5.15 Å². The van der Waals surface area contributed by atoms with Gasteiger partial charge in [0.2, 0.25) is 0 Å². The zero-order valence-electron chi connectivity index (χ0n) is 7.15. The van der Waals surface area contributed by atoms with Gasteiger partial charge in [0.25, 0.3) is 0 Å². The molecule has 0 bridgehead atoms. The lowest BCUT2D eigenvalue weighted by Gasteiger charge is -2.36. The summed E-state index contributed by atoms with van der Waals surface area (Å²) in [5, 5.41) is 0.434. The average Bonchev–Trinajstić information content (AvgIpc) is 2.06. The normalized spacial score (nSPS) is 18.6. The van der Waals surface area contributed by atoms with Gasteiger partial charge >= 0.3 is 0 Å². The molecule has 0 atom stereocenters. The third kappa shape index (κ3) is 2.15. The Bertz CT molecular complexity index is 281. The van der Waals surface area contributed by atoms with E-state index >= 15 is 0 Å². The lowest BCUT2D eigenvalue weighted by molar-refractivity contribution is 0.140. The molecule has 2 N–H and O–H groups in total. The van der Waals surface area contributed by atoms with Crippen molar-refractivity contribution >= 4 is 11.6 Å². The molecule has 0 aliphatic carbocycles. The molecular weight excluding hydrogens is 188 g/mol. The summed E-state index contributed by atoms with van der Waals surface area (Å²) in [5.41, 5.74) is 6.59. The minimum atomic E-state index is 0.334. The lowest BCUT2D eigenvalue weighted by atomic mass is 10.1. The van der Waals surface area contributed by atoms with Crippen LogP contribution in [0.3, 0.4) is 0 Å². The highest BCUT2D eigenvalue weighted by atomic mass is 35.5. The van der Waals surface area contributed by atoms with Gasteiger partial charge in [-0.05, 0) is 0 Å². The zero-order chi connectivity index (χ0) is 9.26. The number of hydrogen-bond donors (Lipinski definition) is 1. The Labute approximate surface area is 81.7 Å². The molecule has 1 aromatic heterocycles. The quantitative estimate of drug-likeness (QED) is 0.742.